The second-order valence-electron chi connectivity index (χ2n) is 2.92. The SMILES string of the molecule is CC.CCC(C)CC(CO)NC. The van der Waals surface area contributed by atoms with Crippen LogP contribution in [0, 0.1) is 5.92 Å². The van der Waals surface area contributed by atoms with Gasteiger partial charge in [-0.2, -0.15) is 0 Å². The van der Waals surface area contributed by atoms with Crippen LogP contribution in [-0.2, 0) is 0 Å². The largest absolute Gasteiger partial charge is 0.395 e. The molecular weight excluding hydrogens is 150 g/mol. The molecule has 2 atom stereocenters. The molecule has 2 N–H and O–H groups in total. The maximum absolute atomic E-state index is 8.81. The molecule has 2 unspecified atom stereocenters. The van der Waals surface area contributed by atoms with Crippen LogP contribution in [0.5, 0.6) is 0 Å². The van der Waals surface area contributed by atoms with Gasteiger partial charge >= 0.3 is 0 Å². The summed E-state index contributed by atoms with van der Waals surface area (Å²) in [5, 5.41) is 11.9. The van der Waals surface area contributed by atoms with E-state index in [0.717, 1.165) is 6.42 Å². The van der Waals surface area contributed by atoms with Gasteiger partial charge in [-0.1, -0.05) is 34.1 Å². The minimum Gasteiger partial charge on any atom is -0.395 e. The van der Waals surface area contributed by atoms with Gasteiger partial charge in [-0.25, -0.2) is 0 Å². The van der Waals surface area contributed by atoms with Gasteiger partial charge in [-0.15, -0.1) is 0 Å². The summed E-state index contributed by atoms with van der Waals surface area (Å²) in [6.45, 7) is 8.63. The van der Waals surface area contributed by atoms with E-state index < -0.39 is 0 Å². The van der Waals surface area contributed by atoms with Crippen molar-refractivity contribution < 1.29 is 5.11 Å². The second-order valence-corrected chi connectivity index (χ2v) is 2.92. The molecule has 2 heteroatoms. The Bertz CT molecular complexity index is 72.2. The Labute approximate surface area is 77.4 Å². The van der Waals surface area contributed by atoms with Crippen LogP contribution in [0.1, 0.15) is 40.5 Å². The van der Waals surface area contributed by atoms with Crippen molar-refractivity contribution in [3.05, 3.63) is 0 Å². The Morgan fingerprint density at radius 1 is 1.33 bits per heavy atom. The molecule has 0 aliphatic heterocycles. The van der Waals surface area contributed by atoms with E-state index in [1.807, 2.05) is 20.9 Å². The highest BCUT2D eigenvalue weighted by Crippen LogP contribution is 2.08. The van der Waals surface area contributed by atoms with Crippen molar-refractivity contribution in [1.29, 1.82) is 0 Å². The first-order chi connectivity index (χ1) is 5.74. The van der Waals surface area contributed by atoms with E-state index in [2.05, 4.69) is 19.2 Å². The number of rotatable bonds is 5. The first-order valence-electron chi connectivity index (χ1n) is 5.02. The standard InChI is InChI=1S/C8H19NO.C2H6/c1-4-7(2)5-8(6-10)9-3;1-2/h7-10H,4-6H2,1-3H3;1-2H3. The zero-order valence-corrected chi connectivity index (χ0v) is 9.22. The lowest BCUT2D eigenvalue weighted by Crippen LogP contribution is -2.30. The zero-order chi connectivity index (χ0) is 9.98. The number of hydrogen-bond acceptors (Lipinski definition) is 2. The van der Waals surface area contributed by atoms with Gasteiger partial charge in [0.1, 0.15) is 0 Å². The van der Waals surface area contributed by atoms with Crippen molar-refractivity contribution in [3.8, 4) is 0 Å². The molecule has 0 aliphatic carbocycles. The maximum atomic E-state index is 8.81. The predicted octanol–water partition coefficient (Wildman–Crippen LogP) is 2.03. The second kappa shape index (κ2) is 10.9. The van der Waals surface area contributed by atoms with E-state index in [0.29, 0.717) is 5.92 Å². The van der Waals surface area contributed by atoms with Gasteiger partial charge in [0, 0.05) is 6.04 Å². The van der Waals surface area contributed by atoms with Crippen LogP contribution in [0.4, 0.5) is 0 Å². The van der Waals surface area contributed by atoms with E-state index in [1.165, 1.54) is 6.42 Å². The van der Waals surface area contributed by atoms with Gasteiger partial charge in [0.05, 0.1) is 6.61 Å². The lowest BCUT2D eigenvalue weighted by Gasteiger charge is -2.16. The number of aliphatic hydroxyl groups is 1. The Hall–Kier alpha value is -0.0800. The van der Waals surface area contributed by atoms with E-state index in [-0.39, 0.29) is 12.6 Å². The van der Waals surface area contributed by atoms with Crippen molar-refractivity contribution in [2.45, 2.75) is 46.6 Å². The van der Waals surface area contributed by atoms with E-state index in [9.17, 15) is 0 Å². The van der Waals surface area contributed by atoms with Crippen LogP contribution in [0.3, 0.4) is 0 Å². The molecule has 0 bridgehead atoms. The molecule has 0 aromatic heterocycles. The van der Waals surface area contributed by atoms with Crippen molar-refractivity contribution in [1.82, 2.24) is 5.32 Å². The molecule has 0 heterocycles. The summed E-state index contributed by atoms with van der Waals surface area (Å²) in [6, 6.07) is 0.287. The van der Waals surface area contributed by atoms with Crippen LogP contribution in [0.15, 0.2) is 0 Å². The molecule has 0 amide bonds. The van der Waals surface area contributed by atoms with Gasteiger partial charge in [0.25, 0.3) is 0 Å². The topological polar surface area (TPSA) is 32.3 Å². The van der Waals surface area contributed by atoms with E-state index in [1.54, 1.807) is 0 Å². The molecule has 76 valence electrons. The maximum Gasteiger partial charge on any atom is 0.0584 e. The Balaban J connectivity index is 0. The molecule has 0 aliphatic rings. The first-order valence-corrected chi connectivity index (χ1v) is 5.02. The average molecular weight is 175 g/mol. The first kappa shape index (κ1) is 14.4. The highest BCUT2D eigenvalue weighted by Gasteiger charge is 2.07. The molecule has 0 aromatic rings. The summed E-state index contributed by atoms with van der Waals surface area (Å²) in [4.78, 5) is 0. The normalized spacial score (nSPS) is 14.5. The fourth-order valence-corrected chi connectivity index (χ4v) is 0.936. The summed E-state index contributed by atoms with van der Waals surface area (Å²) in [5.41, 5.74) is 0. The van der Waals surface area contributed by atoms with Crippen molar-refractivity contribution >= 4 is 0 Å². The molecular formula is C10H25NO. The summed E-state index contributed by atoms with van der Waals surface area (Å²) < 4.78 is 0. The monoisotopic (exact) mass is 175 g/mol. The molecule has 0 saturated carbocycles. The quantitative estimate of drug-likeness (QED) is 0.670. The molecule has 0 spiro atoms. The molecule has 0 aromatic carbocycles. The number of likely N-dealkylation sites (N-methyl/N-ethyl adjacent to an activating group) is 1. The molecule has 0 radical (unpaired) electrons. The molecule has 0 saturated heterocycles. The Morgan fingerprint density at radius 3 is 2.08 bits per heavy atom. The smallest absolute Gasteiger partial charge is 0.0584 e. The third-order valence-corrected chi connectivity index (χ3v) is 2.01. The van der Waals surface area contributed by atoms with Gasteiger partial charge in [-0.05, 0) is 19.4 Å². The third kappa shape index (κ3) is 8.02. The average Bonchev–Trinajstić information content (AvgIpc) is 2.16. The zero-order valence-electron chi connectivity index (χ0n) is 9.22. The lowest BCUT2D eigenvalue weighted by atomic mass is 10.00. The van der Waals surface area contributed by atoms with Crippen LogP contribution in [-0.4, -0.2) is 24.8 Å². The van der Waals surface area contributed by atoms with Gasteiger partial charge < -0.3 is 10.4 Å². The minimum atomic E-state index is 0.251. The molecule has 2 nitrogen and oxygen atoms in total. The highest BCUT2D eigenvalue weighted by atomic mass is 16.3. The Kier molecular flexibility index (Phi) is 13.1. The summed E-state index contributed by atoms with van der Waals surface area (Å²) in [5.74, 6) is 0.713. The molecule has 0 rings (SSSR count). The molecule has 0 fully saturated rings. The van der Waals surface area contributed by atoms with Gasteiger partial charge in [0.15, 0.2) is 0 Å². The number of aliphatic hydroxyl groups excluding tert-OH is 1. The third-order valence-electron chi connectivity index (χ3n) is 2.01. The van der Waals surface area contributed by atoms with Crippen LogP contribution >= 0.6 is 0 Å². The fourth-order valence-electron chi connectivity index (χ4n) is 0.936. The summed E-state index contributed by atoms with van der Waals surface area (Å²) >= 11 is 0. The summed E-state index contributed by atoms with van der Waals surface area (Å²) in [6.07, 6.45) is 2.27. The van der Waals surface area contributed by atoms with Gasteiger partial charge in [-0.3, -0.25) is 0 Å². The fraction of sp³-hybridized carbons (Fsp3) is 1.00. The van der Waals surface area contributed by atoms with Crippen molar-refractivity contribution in [2.75, 3.05) is 13.7 Å². The van der Waals surface area contributed by atoms with Crippen LogP contribution < -0.4 is 5.32 Å². The Morgan fingerprint density at radius 2 is 1.83 bits per heavy atom. The van der Waals surface area contributed by atoms with Gasteiger partial charge in [0.2, 0.25) is 0 Å². The highest BCUT2D eigenvalue weighted by molar-refractivity contribution is 4.65. The van der Waals surface area contributed by atoms with Crippen molar-refractivity contribution in [2.24, 2.45) is 5.92 Å². The van der Waals surface area contributed by atoms with Crippen LogP contribution in [0.2, 0.25) is 0 Å². The van der Waals surface area contributed by atoms with Crippen LogP contribution in [0.25, 0.3) is 0 Å². The summed E-state index contributed by atoms with van der Waals surface area (Å²) in [7, 11) is 1.89. The number of hydrogen-bond donors (Lipinski definition) is 2. The van der Waals surface area contributed by atoms with Crippen molar-refractivity contribution in [3.63, 3.8) is 0 Å². The predicted molar refractivity (Wildman–Crippen MR) is 55.4 cm³/mol. The molecule has 12 heavy (non-hydrogen) atoms. The minimum absolute atomic E-state index is 0.251. The van der Waals surface area contributed by atoms with E-state index >= 15 is 0 Å². The lowest BCUT2D eigenvalue weighted by molar-refractivity contribution is 0.227. The number of nitrogens with one attached hydrogen (secondary N) is 1. The van der Waals surface area contributed by atoms with E-state index in [4.69, 9.17) is 5.11 Å².